The van der Waals surface area contributed by atoms with Gasteiger partial charge in [-0.1, -0.05) is 6.92 Å². The van der Waals surface area contributed by atoms with Crippen molar-refractivity contribution in [2.45, 2.75) is 101 Å². The minimum absolute atomic E-state index is 0.0262. The molecule has 13 heteroatoms. The lowest BCUT2D eigenvalue weighted by Gasteiger charge is -2.55. The Balaban J connectivity index is 1.23. The number of hydrogen-bond donors (Lipinski definition) is 3. The molecule has 38 heavy (non-hydrogen) atoms. The van der Waals surface area contributed by atoms with E-state index in [1.165, 1.54) is 7.05 Å². The summed E-state index contributed by atoms with van der Waals surface area (Å²) in [6, 6.07) is -1.32. The zero-order valence-electron chi connectivity index (χ0n) is 22.3. The molecule has 4 aliphatic heterocycles. The van der Waals surface area contributed by atoms with Gasteiger partial charge in [-0.15, -0.1) is 0 Å². The SMILES string of the molecule is C[C@H]1CCN(C2CCC([C@H](N(C)C(=O)C3CCS(=N)(=O)CC3)C(F)(F)F)CC2)C2CNC3CC(F)NN3C21. The van der Waals surface area contributed by atoms with Gasteiger partial charge in [-0.3, -0.25) is 19.8 Å². The summed E-state index contributed by atoms with van der Waals surface area (Å²) < 4.78 is 76.8. The highest BCUT2D eigenvalue weighted by Gasteiger charge is 2.53. The van der Waals surface area contributed by atoms with Gasteiger partial charge in [0.2, 0.25) is 5.91 Å². The highest BCUT2D eigenvalue weighted by Crippen LogP contribution is 2.42. The molecule has 4 unspecified atom stereocenters. The standard InChI is InChI=1S/C25H42F4N6O2S/c1-15-7-10-34(19-14-31-21-13-20(26)32-35(21)22(15)19)18-5-3-16(4-6-18)23(25(27,28)29)33(2)24(36)17-8-11-38(30,37)12-9-17/h15-23,30-32H,3-14H2,1-2H3/t15-,16?,17?,18?,19?,20?,21?,22?,23-,38?/m0/s1. The van der Waals surface area contributed by atoms with Crippen LogP contribution in [-0.2, 0) is 14.5 Å². The van der Waals surface area contributed by atoms with Crippen molar-refractivity contribution in [3.8, 4) is 0 Å². The minimum atomic E-state index is -4.53. The van der Waals surface area contributed by atoms with Gasteiger partial charge in [0.1, 0.15) is 6.04 Å². The number of likely N-dealkylation sites (tertiary alicyclic amines) is 1. The number of rotatable bonds is 4. The fourth-order valence-electron chi connectivity index (χ4n) is 7.90. The summed E-state index contributed by atoms with van der Waals surface area (Å²) in [5.74, 6) is -1.25. The second-order valence-electron chi connectivity index (χ2n) is 12.2. The Morgan fingerprint density at radius 1 is 1.11 bits per heavy atom. The molecule has 5 fully saturated rings. The van der Waals surface area contributed by atoms with Crippen molar-refractivity contribution in [3.05, 3.63) is 0 Å². The third-order valence-electron chi connectivity index (χ3n) is 9.88. The predicted octanol–water partition coefficient (Wildman–Crippen LogP) is 2.91. The van der Waals surface area contributed by atoms with Gasteiger partial charge in [-0.05, 0) is 63.3 Å². The fourth-order valence-corrected chi connectivity index (χ4v) is 9.43. The number of hydrogen-bond acceptors (Lipinski definition) is 7. The Morgan fingerprint density at radius 3 is 2.39 bits per heavy atom. The molecular weight excluding hydrogens is 524 g/mol. The van der Waals surface area contributed by atoms with Gasteiger partial charge in [0.15, 0.2) is 6.30 Å². The van der Waals surface area contributed by atoms with Crippen LogP contribution in [-0.4, -0.2) is 99.4 Å². The van der Waals surface area contributed by atoms with Crippen molar-refractivity contribution in [2.75, 3.05) is 31.6 Å². The molecule has 1 aliphatic carbocycles. The number of piperidine rings is 1. The summed E-state index contributed by atoms with van der Waals surface area (Å²) in [4.78, 5) is 16.4. The van der Waals surface area contributed by atoms with Crippen LogP contribution < -0.4 is 10.7 Å². The van der Waals surface area contributed by atoms with E-state index in [0.717, 1.165) is 24.4 Å². The second kappa shape index (κ2) is 10.8. The largest absolute Gasteiger partial charge is 0.409 e. The van der Waals surface area contributed by atoms with Crippen molar-refractivity contribution in [1.82, 2.24) is 25.6 Å². The zero-order chi connectivity index (χ0) is 27.4. The summed E-state index contributed by atoms with van der Waals surface area (Å²) in [7, 11) is -1.44. The van der Waals surface area contributed by atoms with Crippen LogP contribution in [0.5, 0.6) is 0 Å². The van der Waals surface area contributed by atoms with E-state index in [1.54, 1.807) is 0 Å². The van der Waals surface area contributed by atoms with E-state index in [1.807, 2.05) is 5.01 Å². The molecule has 0 aromatic rings. The van der Waals surface area contributed by atoms with Gasteiger partial charge in [-0.2, -0.15) is 13.2 Å². The Labute approximate surface area is 223 Å². The molecule has 0 bridgehead atoms. The normalized spacial score (nSPS) is 43.7. The lowest BCUT2D eigenvalue weighted by Crippen LogP contribution is -2.72. The van der Waals surface area contributed by atoms with Crippen molar-refractivity contribution in [1.29, 1.82) is 4.78 Å². The van der Waals surface area contributed by atoms with Crippen LogP contribution in [0.25, 0.3) is 0 Å². The molecule has 3 N–H and O–H groups in total. The smallest absolute Gasteiger partial charge is 0.333 e. The number of alkyl halides is 4. The van der Waals surface area contributed by atoms with Crippen LogP contribution in [0.4, 0.5) is 17.6 Å². The minimum Gasteiger partial charge on any atom is -0.333 e. The molecule has 5 rings (SSSR count). The van der Waals surface area contributed by atoms with Crippen LogP contribution >= 0.6 is 0 Å². The van der Waals surface area contributed by atoms with Gasteiger partial charge < -0.3 is 4.90 Å². The maximum Gasteiger partial charge on any atom is 0.409 e. The van der Waals surface area contributed by atoms with Crippen LogP contribution in [0.3, 0.4) is 0 Å². The average Bonchev–Trinajstić information content (AvgIpc) is 3.24. The molecule has 6 atom stereocenters. The molecule has 5 aliphatic rings. The third kappa shape index (κ3) is 5.59. The Morgan fingerprint density at radius 2 is 1.76 bits per heavy atom. The highest BCUT2D eigenvalue weighted by atomic mass is 32.2. The first-order chi connectivity index (χ1) is 17.9. The molecule has 218 valence electrons. The molecule has 0 aromatic heterocycles. The fraction of sp³-hybridized carbons (Fsp3) is 0.960. The Kier molecular flexibility index (Phi) is 8.07. The van der Waals surface area contributed by atoms with Gasteiger partial charge in [0, 0.05) is 65.3 Å². The van der Waals surface area contributed by atoms with E-state index < -0.39 is 46.0 Å². The van der Waals surface area contributed by atoms with E-state index >= 15 is 0 Å². The van der Waals surface area contributed by atoms with Crippen molar-refractivity contribution in [3.63, 3.8) is 0 Å². The van der Waals surface area contributed by atoms with Crippen LogP contribution in [0.2, 0.25) is 0 Å². The molecule has 0 spiro atoms. The summed E-state index contributed by atoms with van der Waals surface area (Å²) in [6.07, 6.45) is -1.74. The molecule has 1 saturated carbocycles. The first kappa shape index (κ1) is 28.5. The Bertz CT molecular complexity index is 961. The average molecular weight is 567 g/mol. The molecule has 4 saturated heterocycles. The number of halogens is 4. The number of nitrogens with zero attached hydrogens (tertiary/aromatic N) is 3. The number of carbonyl (C=O) groups is 1. The number of carbonyl (C=O) groups excluding carboxylic acids is 1. The lowest BCUT2D eigenvalue weighted by molar-refractivity contribution is -0.203. The first-order valence-corrected chi connectivity index (χ1v) is 16.0. The maximum atomic E-state index is 14.3. The van der Waals surface area contributed by atoms with Crippen molar-refractivity contribution in [2.24, 2.45) is 17.8 Å². The third-order valence-corrected chi connectivity index (χ3v) is 11.7. The van der Waals surface area contributed by atoms with E-state index in [9.17, 15) is 26.6 Å². The van der Waals surface area contributed by atoms with Crippen LogP contribution in [0.1, 0.15) is 58.3 Å². The van der Waals surface area contributed by atoms with E-state index in [-0.39, 0.29) is 48.6 Å². The second-order valence-corrected chi connectivity index (χ2v) is 14.7. The van der Waals surface area contributed by atoms with Gasteiger partial charge in [-0.25, -0.2) is 19.0 Å². The van der Waals surface area contributed by atoms with E-state index in [4.69, 9.17) is 4.78 Å². The van der Waals surface area contributed by atoms with Gasteiger partial charge in [0.05, 0.1) is 6.17 Å². The Hall–Kier alpha value is -1.02. The lowest BCUT2D eigenvalue weighted by atomic mass is 9.77. The van der Waals surface area contributed by atoms with Gasteiger partial charge in [0.25, 0.3) is 0 Å². The van der Waals surface area contributed by atoms with Gasteiger partial charge >= 0.3 is 6.18 Å². The summed E-state index contributed by atoms with van der Waals surface area (Å²) in [6.45, 7) is 3.84. The number of nitrogens with one attached hydrogen (secondary N) is 3. The zero-order valence-corrected chi connectivity index (χ0v) is 23.1. The molecule has 8 nitrogen and oxygen atoms in total. The topological polar surface area (TPSA) is 91.8 Å². The van der Waals surface area contributed by atoms with E-state index in [2.05, 4.69) is 22.6 Å². The monoisotopic (exact) mass is 566 g/mol. The maximum absolute atomic E-state index is 14.3. The van der Waals surface area contributed by atoms with Crippen LogP contribution in [0.15, 0.2) is 0 Å². The molecule has 0 aromatic carbocycles. The molecule has 0 radical (unpaired) electrons. The summed E-state index contributed by atoms with van der Waals surface area (Å²) >= 11 is 0. The molecule has 1 amide bonds. The molecule has 4 heterocycles. The van der Waals surface area contributed by atoms with Crippen molar-refractivity contribution >= 4 is 15.6 Å². The first-order valence-electron chi connectivity index (χ1n) is 14.1. The van der Waals surface area contributed by atoms with E-state index in [0.29, 0.717) is 38.0 Å². The predicted molar refractivity (Wildman–Crippen MR) is 136 cm³/mol. The van der Waals surface area contributed by atoms with Crippen molar-refractivity contribution < 1.29 is 26.6 Å². The van der Waals surface area contributed by atoms with Crippen LogP contribution in [0, 0.1) is 22.5 Å². The summed E-state index contributed by atoms with van der Waals surface area (Å²) in [5.41, 5.74) is 2.99. The summed E-state index contributed by atoms with van der Waals surface area (Å²) in [5, 5.41) is 5.52. The quantitative estimate of drug-likeness (QED) is 0.358. The number of fused-ring (bicyclic) bond motifs is 3. The number of hydrazine groups is 1. The highest BCUT2D eigenvalue weighted by molar-refractivity contribution is 7.92. The number of amides is 1. The molecular formula is C25H42F4N6O2S.